The second-order valence-corrected chi connectivity index (χ2v) is 9.38. The molecule has 36 heavy (non-hydrogen) atoms. The molecule has 2 aromatic rings. The summed E-state index contributed by atoms with van der Waals surface area (Å²) in [5, 5.41) is 9.81. The lowest BCUT2D eigenvalue weighted by atomic mass is 9.84. The van der Waals surface area contributed by atoms with Gasteiger partial charge in [-0.2, -0.15) is 0 Å². The molecular weight excluding hydrogens is 501 g/mol. The highest BCUT2D eigenvalue weighted by molar-refractivity contribution is 6.35. The third-order valence-corrected chi connectivity index (χ3v) is 6.40. The number of hydrogen-bond donors (Lipinski definition) is 3. The van der Waals surface area contributed by atoms with Gasteiger partial charge in [-0.25, -0.2) is 10.4 Å². The van der Waals surface area contributed by atoms with Crippen LogP contribution in [0.15, 0.2) is 60.1 Å². The van der Waals surface area contributed by atoms with Crippen LogP contribution in [0, 0.1) is 0 Å². The highest BCUT2D eigenvalue weighted by atomic mass is 35.5. The fourth-order valence-corrected chi connectivity index (χ4v) is 4.45. The Kier molecular flexibility index (Phi) is 10.6. The van der Waals surface area contributed by atoms with E-state index in [4.69, 9.17) is 42.8 Å². The zero-order valence-electron chi connectivity index (χ0n) is 20.4. The van der Waals surface area contributed by atoms with E-state index in [0.29, 0.717) is 52.4 Å². The summed E-state index contributed by atoms with van der Waals surface area (Å²) in [7, 11) is 0. The van der Waals surface area contributed by atoms with Gasteiger partial charge in [0, 0.05) is 47.2 Å². The summed E-state index contributed by atoms with van der Waals surface area (Å²) in [4.78, 5) is 18.4. The second-order valence-electron chi connectivity index (χ2n) is 8.54. The largest absolute Gasteiger partial charge is 0.494 e. The van der Waals surface area contributed by atoms with Gasteiger partial charge in [-0.15, -0.1) is 6.58 Å². The highest BCUT2D eigenvalue weighted by Gasteiger charge is 2.53. The number of ether oxygens (including phenoxy) is 2. The Morgan fingerprint density at radius 1 is 1.22 bits per heavy atom. The van der Waals surface area contributed by atoms with Gasteiger partial charge in [-0.05, 0) is 42.8 Å². The Labute approximate surface area is 222 Å². The molecule has 1 heterocycles. The minimum Gasteiger partial charge on any atom is -0.494 e. The van der Waals surface area contributed by atoms with Crippen LogP contribution in [0.1, 0.15) is 56.3 Å². The Bertz CT molecular complexity index is 1060. The number of hydrogen-bond acceptors (Lipinski definition) is 6. The molecule has 0 aromatic heterocycles. The first-order valence-electron chi connectivity index (χ1n) is 12.1. The lowest BCUT2D eigenvalue weighted by molar-refractivity contribution is -0.129. The van der Waals surface area contributed by atoms with Crippen molar-refractivity contribution in [1.29, 1.82) is 0 Å². The number of halogens is 2. The predicted molar refractivity (Wildman–Crippen MR) is 144 cm³/mol. The second kappa shape index (κ2) is 13.7. The Morgan fingerprint density at radius 3 is 2.67 bits per heavy atom. The molecule has 0 bridgehead atoms. The number of hydrazine groups is 1. The quantitative estimate of drug-likeness (QED) is 0.172. The first-order chi connectivity index (χ1) is 17.4. The van der Waals surface area contributed by atoms with Crippen molar-refractivity contribution in [2.75, 3.05) is 19.8 Å². The molecule has 0 spiro atoms. The van der Waals surface area contributed by atoms with Crippen LogP contribution in [0.3, 0.4) is 0 Å². The summed E-state index contributed by atoms with van der Waals surface area (Å²) >= 11 is 12.7. The topological polar surface area (TPSA) is 92.2 Å². The van der Waals surface area contributed by atoms with E-state index < -0.39 is 11.6 Å². The average Bonchev–Trinajstić information content (AvgIpc) is 3.25. The standard InChI is InChI=1S/C27H33Cl2N3O4/c1-3-5-6-15-30-32-26(34)27(14-4-2)24(22-13-10-20(28)18-23(22)29)36-25(31-27)19-8-11-21(12-9-19)35-17-7-16-33/h4,8-13,18,24,30,33H,2-3,5-7,14-17H2,1H3,(H,32,34)/t24-,27-/m0/s1. The van der Waals surface area contributed by atoms with Gasteiger partial charge in [0.2, 0.25) is 5.90 Å². The molecule has 0 saturated carbocycles. The average molecular weight is 534 g/mol. The number of amides is 1. The fraction of sp³-hybridized carbons (Fsp3) is 0.407. The zero-order valence-corrected chi connectivity index (χ0v) is 21.9. The summed E-state index contributed by atoms with van der Waals surface area (Å²) in [6.45, 7) is 7.12. The number of carbonyl (C=O) groups excluding carboxylic acids is 1. The van der Waals surface area contributed by atoms with E-state index in [2.05, 4.69) is 24.4 Å². The minimum atomic E-state index is -1.33. The van der Waals surface area contributed by atoms with Crippen LogP contribution in [0.2, 0.25) is 10.0 Å². The first-order valence-corrected chi connectivity index (χ1v) is 12.9. The van der Waals surface area contributed by atoms with Crippen LogP contribution >= 0.6 is 23.2 Å². The van der Waals surface area contributed by atoms with Crippen molar-refractivity contribution in [1.82, 2.24) is 10.9 Å². The molecule has 3 rings (SSSR count). The summed E-state index contributed by atoms with van der Waals surface area (Å²) in [6.07, 6.45) is 4.72. The molecule has 9 heteroatoms. The van der Waals surface area contributed by atoms with Crippen LogP contribution < -0.4 is 15.6 Å². The maximum absolute atomic E-state index is 13.6. The fourth-order valence-electron chi connectivity index (χ4n) is 3.94. The first kappa shape index (κ1) is 28.0. The van der Waals surface area contributed by atoms with E-state index in [9.17, 15) is 4.79 Å². The molecule has 0 saturated heterocycles. The molecule has 2 aromatic carbocycles. The molecule has 1 amide bonds. The summed E-state index contributed by atoms with van der Waals surface area (Å²) in [5.41, 5.74) is 5.79. The van der Waals surface area contributed by atoms with Crippen molar-refractivity contribution in [3.63, 3.8) is 0 Å². The van der Waals surface area contributed by atoms with Gasteiger partial charge in [0.15, 0.2) is 11.6 Å². The third-order valence-electron chi connectivity index (χ3n) is 5.84. The van der Waals surface area contributed by atoms with Gasteiger partial charge < -0.3 is 14.6 Å². The zero-order chi connectivity index (χ0) is 26.0. The summed E-state index contributed by atoms with van der Waals surface area (Å²) < 4.78 is 12.0. The number of aliphatic hydroxyl groups excluding tert-OH is 1. The highest BCUT2D eigenvalue weighted by Crippen LogP contribution is 2.45. The number of nitrogens with zero attached hydrogens (tertiary/aromatic N) is 1. The summed E-state index contributed by atoms with van der Waals surface area (Å²) in [5.74, 6) is 0.638. The molecule has 0 unspecified atom stereocenters. The molecule has 7 nitrogen and oxygen atoms in total. The Morgan fingerprint density at radius 2 is 2.00 bits per heavy atom. The van der Waals surface area contributed by atoms with Crippen LogP contribution in [-0.2, 0) is 9.53 Å². The van der Waals surface area contributed by atoms with E-state index in [1.54, 1.807) is 36.4 Å². The number of aliphatic hydroxyl groups is 1. The van der Waals surface area contributed by atoms with Crippen LogP contribution in [0.4, 0.5) is 0 Å². The van der Waals surface area contributed by atoms with E-state index in [0.717, 1.165) is 19.3 Å². The number of unbranched alkanes of at least 4 members (excludes halogenated alkanes) is 2. The Hall–Kier alpha value is -2.58. The van der Waals surface area contributed by atoms with E-state index >= 15 is 0 Å². The molecule has 2 atom stereocenters. The van der Waals surface area contributed by atoms with Gasteiger partial charge >= 0.3 is 0 Å². The molecule has 0 fully saturated rings. The van der Waals surface area contributed by atoms with E-state index in [-0.39, 0.29) is 18.9 Å². The molecule has 0 radical (unpaired) electrons. The van der Waals surface area contributed by atoms with Crippen molar-refractivity contribution in [3.8, 4) is 5.75 Å². The lowest BCUT2D eigenvalue weighted by Crippen LogP contribution is -2.52. The van der Waals surface area contributed by atoms with Crippen molar-refractivity contribution < 1.29 is 19.4 Å². The van der Waals surface area contributed by atoms with E-state index in [1.807, 2.05) is 12.1 Å². The van der Waals surface area contributed by atoms with Gasteiger partial charge in [0.05, 0.1) is 6.61 Å². The number of aliphatic imine (C=N–C) groups is 1. The predicted octanol–water partition coefficient (Wildman–Crippen LogP) is 5.40. The number of carbonyl (C=O) groups is 1. The van der Waals surface area contributed by atoms with Gasteiger partial charge in [0.25, 0.3) is 5.91 Å². The van der Waals surface area contributed by atoms with Gasteiger partial charge in [-0.3, -0.25) is 10.2 Å². The summed E-state index contributed by atoms with van der Waals surface area (Å²) in [6, 6.07) is 12.3. The normalized spacial score (nSPS) is 18.9. The maximum atomic E-state index is 13.6. The van der Waals surface area contributed by atoms with Gasteiger partial charge in [0.1, 0.15) is 5.75 Å². The molecule has 1 aliphatic heterocycles. The maximum Gasteiger partial charge on any atom is 0.266 e. The van der Waals surface area contributed by atoms with Crippen molar-refractivity contribution in [3.05, 3.63) is 76.3 Å². The number of rotatable bonds is 14. The SMILES string of the molecule is C=CC[C@]1(C(=O)NNCCCCC)N=C(c2ccc(OCCCO)cc2)O[C@H]1c1ccc(Cl)cc1Cl. The minimum absolute atomic E-state index is 0.0677. The monoisotopic (exact) mass is 533 g/mol. The molecule has 0 aliphatic carbocycles. The lowest BCUT2D eigenvalue weighted by Gasteiger charge is -2.30. The molecule has 3 N–H and O–H groups in total. The van der Waals surface area contributed by atoms with Crippen molar-refractivity contribution in [2.45, 2.75) is 50.7 Å². The number of benzene rings is 2. The van der Waals surface area contributed by atoms with Gasteiger partial charge in [-0.1, -0.05) is 55.1 Å². The molecular formula is C27H33Cl2N3O4. The van der Waals surface area contributed by atoms with Crippen LogP contribution in [-0.4, -0.2) is 42.2 Å². The van der Waals surface area contributed by atoms with Crippen molar-refractivity contribution in [2.24, 2.45) is 4.99 Å². The van der Waals surface area contributed by atoms with Crippen LogP contribution in [0.5, 0.6) is 5.75 Å². The molecule has 194 valence electrons. The number of nitrogens with one attached hydrogen (secondary N) is 2. The van der Waals surface area contributed by atoms with E-state index in [1.165, 1.54) is 0 Å². The van der Waals surface area contributed by atoms with Crippen LogP contribution in [0.25, 0.3) is 0 Å². The van der Waals surface area contributed by atoms with Crippen molar-refractivity contribution >= 4 is 35.0 Å². The Balaban J connectivity index is 1.94. The molecule has 1 aliphatic rings. The third kappa shape index (κ3) is 6.79. The smallest absolute Gasteiger partial charge is 0.266 e.